The first-order valence-corrected chi connectivity index (χ1v) is 9.29. The third-order valence-corrected chi connectivity index (χ3v) is 4.94. The maximum absolute atomic E-state index is 11.6. The fourth-order valence-corrected chi connectivity index (χ4v) is 3.59. The highest BCUT2D eigenvalue weighted by atomic mass is 16.5. The van der Waals surface area contributed by atoms with E-state index >= 15 is 0 Å². The van der Waals surface area contributed by atoms with Crippen LogP contribution in [0.15, 0.2) is 48.5 Å². The average Bonchev–Trinajstić information content (AvgIpc) is 3.08. The van der Waals surface area contributed by atoms with Gasteiger partial charge >= 0.3 is 5.97 Å². The van der Waals surface area contributed by atoms with Gasteiger partial charge in [0.1, 0.15) is 0 Å². The van der Waals surface area contributed by atoms with Gasteiger partial charge in [0.15, 0.2) is 5.82 Å². The Morgan fingerprint density at radius 1 is 1.21 bits per heavy atom. The summed E-state index contributed by atoms with van der Waals surface area (Å²) in [6.07, 6.45) is 0.597. The van der Waals surface area contributed by atoms with Gasteiger partial charge in [-0.25, -0.2) is 4.79 Å². The van der Waals surface area contributed by atoms with Gasteiger partial charge in [0, 0.05) is 18.3 Å². The minimum absolute atomic E-state index is 0.00247. The third-order valence-electron chi connectivity index (χ3n) is 4.94. The lowest BCUT2D eigenvalue weighted by atomic mass is 10.0. The molecular weight excluding hydrogens is 370 g/mol. The number of rotatable bonds is 6. The molecule has 2 aromatic carbocycles. The molecule has 0 amide bonds. The molecule has 29 heavy (non-hydrogen) atoms. The first-order valence-electron chi connectivity index (χ1n) is 9.29. The van der Waals surface area contributed by atoms with Gasteiger partial charge in [-0.2, -0.15) is 4.98 Å². The number of carbonyl (C=O) groups is 1. The molecule has 0 spiro atoms. The van der Waals surface area contributed by atoms with Gasteiger partial charge in [0.2, 0.25) is 0 Å². The van der Waals surface area contributed by atoms with Crippen molar-refractivity contribution >= 4 is 23.4 Å². The van der Waals surface area contributed by atoms with E-state index in [1.165, 1.54) is 7.11 Å². The number of methoxy groups -OCH3 is 1. The van der Waals surface area contributed by atoms with Crippen molar-refractivity contribution in [2.75, 3.05) is 17.3 Å². The first-order chi connectivity index (χ1) is 14.1. The molecule has 8 heteroatoms. The van der Waals surface area contributed by atoms with E-state index in [1.54, 1.807) is 12.1 Å². The lowest BCUT2D eigenvalue weighted by Gasteiger charge is -2.23. The number of aromatic carboxylic acids is 1. The second-order valence-electron chi connectivity index (χ2n) is 6.84. The van der Waals surface area contributed by atoms with Crippen molar-refractivity contribution in [3.05, 3.63) is 65.2 Å². The fourth-order valence-electron chi connectivity index (χ4n) is 3.59. The van der Waals surface area contributed by atoms with Crippen molar-refractivity contribution in [1.29, 1.82) is 0 Å². The maximum atomic E-state index is 11.6. The van der Waals surface area contributed by atoms with E-state index < -0.39 is 5.97 Å². The molecule has 0 radical (unpaired) electrons. The van der Waals surface area contributed by atoms with Crippen LogP contribution in [0.2, 0.25) is 0 Å². The summed E-state index contributed by atoms with van der Waals surface area (Å²) in [4.78, 5) is 18.1. The molecule has 1 unspecified atom stereocenters. The lowest BCUT2D eigenvalue weighted by molar-refractivity contribution is 0.0696. The van der Waals surface area contributed by atoms with Crippen LogP contribution in [0.25, 0.3) is 0 Å². The molecule has 1 aromatic heterocycles. The zero-order valence-electron chi connectivity index (χ0n) is 16.2. The molecule has 1 aliphatic rings. The summed E-state index contributed by atoms with van der Waals surface area (Å²) in [5, 5.41) is 21.1. The fraction of sp³-hybridized carbons (Fsp3) is 0.238. The Morgan fingerprint density at radius 3 is 2.72 bits per heavy atom. The zero-order valence-corrected chi connectivity index (χ0v) is 16.2. The highest BCUT2D eigenvalue weighted by Gasteiger charge is 2.33. The molecule has 0 bridgehead atoms. The topological polar surface area (TPSA) is 100 Å². The van der Waals surface area contributed by atoms with Gasteiger partial charge in [0.25, 0.3) is 11.8 Å². The summed E-state index contributed by atoms with van der Waals surface area (Å²) in [5.41, 5.74) is 2.98. The number of hydrogen-bond acceptors (Lipinski definition) is 7. The largest absolute Gasteiger partial charge is 0.478 e. The van der Waals surface area contributed by atoms with E-state index in [4.69, 9.17) is 4.74 Å². The van der Waals surface area contributed by atoms with Crippen LogP contribution in [-0.2, 0) is 13.0 Å². The average molecular weight is 391 g/mol. The van der Waals surface area contributed by atoms with E-state index in [0.717, 1.165) is 16.8 Å². The van der Waals surface area contributed by atoms with Crippen LogP contribution in [-0.4, -0.2) is 39.4 Å². The molecule has 3 aromatic rings. The summed E-state index contributed by atoms with van der Waals surface area (Å²) in [6.45, 7) is 2.57. The van der Waals surface area contributed by atoms with Crippen molar-refractivity contribution in [2.24, 2.45) is 0 Å². The molecule has 8 nitrogen and oxygen atoms in total. The predicted molar refractivity (Wildman–Crippen MR) is 109 cm³/mol. The van der Waals surface area contributed by atoms with Crippen molar-refractivity contribution in [1.82, 2.24) is 15.2 Å². The Bertz CT molecular complexity index is 1040. The predicted octanol–water partition coefficient (Wildman–Crippen LogP) is 3.27. The SMILES string of the molecule is COc1nnc(N2c3cccc(C(=O)O)c3CC2C)nc1NCc1ccccc1. The van der Waals surface area contributed by atoms with Gasteiger partial charge in [-0.3, -0.25) is 0 Å². The molecule has 4 rings (SSSR count). The molecule has 0 saturated heterocycles. The summed E-state index contributed by atoms with van der Waals surface area (Å²) in [6, 6.07) is 15.2. The Balaban J connectivity index is 1.68. The van der Waals surface area contributed by atoms with Crippen LogP contribution >= 0.6 is 0 Å². The van der Waals surface area contributed by atoms with E-state index in [2.05, 4.69) is 20.5 Å². The number of carboxylic acids is 1. The summed E-state index contributed by atoms with van der Waals surface area (Å²) >= 11 is 0. The first kappa shape index (κ1) is 18.7. The van der Waals surface area contributed by atoms with Crippen molar-refractivity contribution in [3.63, 3.8) is 0 Å². The van der Waals surface area contributed by atoms with Gasteiger partial charge in [-0.1, -0.05) is 36.4 Å². The van der Waals surface area contributed by atoms with Gasteiger partial charge in [-0.05, 0) is 36.6 Å². The zero-order chi connectivity index (χ0) is 20.4. The Labute approximate surface area is 168 Å². The highest BCUT2D eigenvalue weighted by molar-refractivity contribution is 5.92. The molecule has 0 fully saturated rings. The van der Waals surface area contributed by atoms with E-state index in [9.17, 15) is 9.90 Å². The normalized spacial score (nSPS) is 15.1. The number of anilines is 3. The Hall–Kier alpha value is -3.68. The number of benzene rings is 2. The Morgan fingerprint density at radius 2 is 2.00 bits per heavy atom. The standard InChI is InChI=1S/C21H21N5O3/c1-13-11-16-15(20(27)28)9-6-10-17(16)26(13)21-23-18(19(29-2)24-25-21)22-12-14-7-4-3-5-8-14/h3-10,13H,11-12H2,1-2H3,(H,27,28)(H,22,23,25). The summed E-state index contributed by atoms with van der Waals surface area (Å²) in [7, 11) is 1.52. The molecular formula is C21H21N5O3. The summed E-state index contributed by atoms with van der Waals surface area (Å²) < 4.78 is 5.30. The van der Waals surface area contributed by atoms with E-state index in [-0.39, 0.29) is 6.04 Å². The lowest BCUT2D eigenvalue weighted by Crippen LogP contribution is -2.26. The van der Waals surface area contributed by atoms with Crippen LogP contribution in [0.5, 0.6) is 5.88 Å². The van der Waals surface area contributed by atoms with Crippen LogP contribution in [0.4, 0.5) is 17.5 Å². The number of carboxylic acid groups (broad SMARTS) is 1. The molecule has 2 N–H and O–H groups in total. The van der Waals surface area contributed by atoms with Crippen molar-refractivity contribution < 1.29 is 14.6 Å². The number of aromatic nitrogens is 3. The minimum atomic E-state index is -0.935. The molecule has 1 atom stereocenters. The highest BCUT2D eigenvalue weighted by Crippen LogP contribution is 2.39. The number of fused-ring (bicyclic) bond motifs is 1. The van der Waals surface area contributed by atoms with Crippen LogP contribution < -0.4 is 15.0 Å². The van der Waals surface area contributed by atoms with E-state index in [0.29, 0.717) is 36.2 Å². The van der Waals surface area contributed by atoms with Gasteiger partial charge in [-0.15, -0.1) is 10.2 Å². The van der Waals surface area contributed by atoms with Gasteiger partial charge < -0.3 is 20.1 Å². The van der Waals surface area contributed by atoms with Crippen LogP contribution in [0.3, 0.4) is 0 Å². The third kappa shape index (κ3) is 3.56. The van der Waals surface area contributed by atoms with E-state index in [1.807, 2.05) is 48.2 Å². The van der Waals surface area contributed by atoms with Crippen LogP contribution in [0.1, 0.15) is 28.4 Å². The number of nitrogens with zero attached hydrogens (tertiary/aromatic N) is 4. The number of hydrogen-bond donors (Lipinski definition) is 2. The molecule has 2 heterocycles. The molecule has 148 valence electrons. The minimum Gasteiger partial charge on any atom is -0.478 e. The van der Waals surface area contributed by atoms with Gasteiger partial charge in [0.05, 0.1) is 12.7 Å². The smallest absolute Gasteiger partial charge is 0.336 e. The Kier molecular flexibility index (Phi) is 4.99. The number of ether oxygens (including phenoxy) is 1. The molecule has 0 aliphatic carbocycles. The number of nitrogens with one attached hydrogen (secondary N) is 1. The second-order valence-corrected chi connectivity index (χ2v) is 6.84. The van der Waals surface area contributed by atoms with Crippen molar-refractivity contribution in [3.8, 4) is 5.88 Å². The summed E-state index contributed by atoms with van der Waals surface area (Å²) in [5.74, 6) is 0.248. The van der Waals surface area contributed by atoms with Crippen LogP contribution in [0, 0.1) is 0 Å². The molecule has 0 saturated carbocycles. The second kappa shape index (κ2) is 7.75. The monoisotopic (exact) mass is 391 g/mol. The maximum Gasteiger partial charge on any atom is 0.336 e. The quantitative estimate of drug-likeness (QED) is 0.660. The van der Waals surface area contributed by atoms with Crippen molar-refractivity contribution in [2.45, 2.75) is 25.9 Å². The molecule has 1 aliphatic heterocycles.